The first-order valence-electron chi connectivity index (χ1n) is 4.28. The summed E-state index contributed by atoms with van der Waals surface area (Å²) in [4.78, 5) is 0. The van der Waals surface area contributed by atoms with Gasteiger partial charge >= 0.3 is 0 Å². The van der Waals surface area contributed by atoms with Crippen molar-refractivity contribution in [3.8, 4) is 0 Å². The van der Waals surface area contributed by atoms with Gasteiger partial charge in [-0.1, -0.05) is 0 Å². The molecule has 3 atom stereocenters. The van der Waals surface area contributed by atoms with E-state index in [9.17, 15) is 5.11 Å². The molecule has 1 saturated heterocycles. The highest BCUT2D eigenvalue weighted by Crippen LogP contribution is 2.29. The molecule has 11 heavy (non-hydrogen) atoms. The number of piperidine rings is 1. The first-order valence-corrected chi connectivity index (χ1v) is 4.28. The molecule has 2 nitrogen and oxygen atoms in total. The van der Waals surface area contributed by atoms with E-state index < -0.39 is 0 Å². The minimum absolute atomic E-state index is 0. The molecule has 0 unspecified atom stereocenters. The molecule has 0 aromatic heterocycles. The van der Waals surface area contributed by atoms with Crippen molar-refractivity contribution in [1.29, 1.82) is 0 Å². The van der Waals surface area contributed by atoms with Crippen molar-refractivity contribution in [3.05, 3.63) is 0 Å². The fourth-order valence-electron chi connectivity index (χ4n) is 2.20. The maximum absolute atomic E-state index is 9.46. The molecule has 0 spiro atoms. The summed E-state index contributed by atoms with van der Waals surface area (Å²) in [5, 5.41) is 12.8. The van der Waals surface area contributed by atoms with Crippen LogP contribution in [-0.2, 0) is 0 Å². The number of hydrogen-bond acceptors (Lipinski definition) is 2. The number of fused-ring (bicyclic) bond motifs is 2. The van der Waals surface area contributed by atoms with Crippen LogP contribution in [0.5, 0.6) is 0 Å². The third-order valence-electron chi connectivity index (χ3n) is 2.88. The number of halogens is 1. The van der Waals surface area contributed by atoms with E-state index in [-0.39, 0.29) is 18.5 Å². The van der Waals surface area contributed by atoms with Crippen molar-refractivity contribution in [2.24, 2.45) is 5.92 Å². The highest BCUT2D eigenvalue weighted by molar-refractivity contribution is 5.85. The smallest absolute Gasteiger partial charge is 0.0693 e. The summed E-state index contributed by atoms with van der Waals surface area (Å²) < 4.78 is 0. The van der Waals surface area contributed by atoms with Gasteiger partial charge in [-0.15, -0.1) is 12.4 Å². The lowest BCUT2D eigenvalue weighted by Gasteiger charge is -2.38. The number of aliphatic hydroxyl groups is 1. The largest absolute Gasteiger partial charge is 0.392 e. The monoisotopic (exact) mass is 177 g/mol. The summed E-state index contributed by atoms with van der Waals surface area (Å²) in [6, 6.07) is 0.424. The lowest BCUT2D eigenvalue weighted by atomic mass is 9.79. The van der Waals surface area contributed by atoms with E-state index in [1.165, 1.54) is 19.3 Å². The molecule has 66 valence electrons. The summed E-state index contributed by atoms with van der Waals surface area (Å²) in [5.74, 6) is 0.912. The van der Waals surface area contributed by atoms with E-state index in [4.69, 9.17) is 0 Å². The molecule has 2 rings (SSSR count). The first kappa shape index (κ1) is 9.30. The average Bonchev–Trinajstić information content (AvgIpc) is 1.99. The zero-order valence-electron chi connectivity index (χ0n) is 6.62. The maximum atomic E-state index is 9.46. The first-order chi connectivity index (χ1) is 4.86. The Morgan fingerprint density at radius 3 is 2.73 bits per heavy atom. The van der Waals surface area contributed by atoms with Crippen molar-refractivity contribution in [3.63, 3.8) is 0 Å². The molecule has 2 N–H and O–H groups in total. The van der Waals surface area contributed by atoms with Crippen LogP contribution in [-0.4, -0.2) is 23.8 Å². The SMILES string of the molecule is Cl.O[C@@H]1CC[C@H]2CCN[C@H]1C2. The molecule has 3 heteroatoms. The predicted octanol–water partition coefficient (Wildman–Crippen LogP) is 0.931. The summed E-state index contributed by atoms with van der Waals surface area (Å²) in [5.41, 5.74) is 0. The molecule has 0 aromatic rings. The van der Waals surface area contributed by atoms with Gasteiger partial charge in [0.05, 0.1) is 6.10 Å². The van der Waals surface area contributed by atoms with E-state index in [1.54, 1.807) is 0 Å². The number of rotatable bonds is 0. The van der Waals surface area contributed by atoms with Crippen LogP contribution in [0.25, 0.3) is 0 Å². The van der Waals surface area contributed by atoms with Gasteiger partial charge in [0.25, 0.3) is 0 Å². The molecule has 1 saturated carbocycles. The molecule has 0 amide bonds. The zero-order chi connectivity index (χ0) is 6.97. The van der Waals surface area contributed by atoms with Crippen molar-refractivity contribution in [1.82, 2.24) is 5.32 Å². The maximum Gasteiger partial charge on any atom is 0.0693 e. The molecule has 2 bridgehead atoms. The number of hydrogen-bond donors (Lipinski definition) is 2. The van der Waals surface area contributed by atoms with Crippen LogP contribution >= 0.6 is 12.4 Å². The summed E-state index contributed by atoms with van der Waals surface area (Å²) >= 11 is 0. The van der Waals surface area contributed by atoms with Gasteiger partial charge < -0.3 is 10.4 Å². The Labute approximate surface area is 73.8 Å². The van der Waals surface area contributed by atoms with Gasteiger partial charge in [0.15, 0.2) is 0 Å². The van der Waals surface area contributed by atoms with Crippen LogP contribution in [0.4, 0.5) is 0 Å². The van der Waals surface area contributed by atoms with Gasteiger partial charge in [-0.3, -0.25) is 0 Å². The van der Waals surface area contributed by atoms with Gasteiger partial charge in [0.1, 0.15) is 0 Å². The van der Waals surface area contributed by atoms with Crippen LogP contribution in [0.3, 0.4) is 0 Å². The second kappa shape index (κ2) is 3.74. The third kappa shape index (κ3) is 1.86. The quantitative estimate of drug-likeness (QED) is 0.577. The highest BCUT2D eigenvalue weighted by Gasteiger charge is 2.31. The average molecular weight is 178 g/mol. The second-order valence-corrected chi connectivity index (χ2v) is 3.60. The molecular weight excluding hydrogens is 162 g/mol. The fraction of sp³-hybridized carbons (Fsp3) is 1.00. The molecule has 1 heterocycles. The van der Waals surface area contributed by atoms with Gasteiger partial charge in [0.2, 0.25) is 0 Å². The van der Waals surface area contributed by atoms with Gasteiger partial charge in [-0.05, 0) is 38.1 Å². The van der Waals surface area contributed by atoms with Crippen LogP contribution in [0.15, 0.2) is 0 Å². The van der Waals surface area contributed by atoms with Crippen molar-refractivity contribution in [2.75, 3.05) is 6.54 Å². The third-order valence-corrected chi connectivity index (χ3v) is 2.88. The Kier molecular flexibility index (Phi) is 3.16. The van der Waals surface area contributed by atoms with Gasteiger partial charge in [0, 0.05) is 6.04 Å². The van der Waals surface area contributed by atoms with Crippen LogP contribution in [0.1, 0.15) is 25.7 Å². The Bertz CT molecular complexity index is 129. The molecule has 1 aliphatic heterocycles. The summed E-state index contributed by atoms with van der Waals surface area (Å²) in [7, 11) is 0. The predicted molar refractivity (Wildman–Crippen MR) is 47.0 cm³/mol. The lowest BCUT2D eigenvalue weighted by molar-refractivity contribution is 0.0508. The topological polar surface area (TPSA) is 32.3 Å². The van der Waals surface area contributed by atoms with Crippen LogP contribution < -0.4 is 5.32 Å². The van der Waals surface area contributed by atoms with Crippen molar-refractivity contribution >= 4 is 12.4 Å². The zero-order valence-corrected chi connectivity index (χ0v) is 7.44. The Morgan fingerprint density at radius 1 is 1.18 bits per heavy atom. The standard InChI is InChI=1S/C8H15NO.ClH/c10-8-2-1-6-3-4-9-7(8)5-6;/h6-10H,1-5H2;1H/t6-,7-,8+;/m0./s1. The Hall–Kier alpha value is 0.210. The van der Waals surface area contributed by atoms with Crippen LogP contribution in [0.2, 0.25) is 0 Å². The van der Waals surface area contributed by atoms with E-state index in [1.807, 2.05) is 0 Å². The number of nitrogens with one attached hydrogen (secondary N) is 1. The normalized spacial score (nSPS) is 42.8. The highest BCUT2D eigenvalue weighted by atomic mass is 35.5. The van der Waals surface area contributed by atoms with Gasteiger partial charge in [-0.25, -0.2) is 0 Å². The number of aliphatic hydroxyl groups excluding tert-OH is 1. The van der Waals surface area contributed by atoms with E-state index in [0.717, 1.165) is 18.9 Å². The molecule has 2 aliphatic rings. The Balaban J connectivity index is 0.000000605. The van der Waals surface area contributed by atoms with Crippen molar-refractivity contribution < 1.29 is 5.11 Å². The van der Waals surface area contributed by atoms with E-state index in [0.29, 0.717) is 6.04 Å². The van der Waals surface area contributed by atoms with Crippen LogP contribution in [0, 0.1) is 5.92 Å². The Morgan fingerprint density at radius 2 is 2.00 bits per heavy atom. The molecular formula is C8H16ClNO. The van der Waals surface area contributed by atoms with Crippen molar-refractivity contribution in [2.45, 2.75) is 37.8 Å². The van der Waals surface area contributed by atoms with E-state index in [2.05, 4.69) is 5.32 Å². The fourth-order valence-corrected chi connectivity index (χ4v) is 2.20. The molecule has 2 fully saturated rings. The molecule has 1 aliphatic carbocycles. The summed E-state index contributed by atoms with van der Waals surface area (Å²) in [6.45, 7) is 1.12. The molecule has 0 aromatic carbocycles. The van der Waals surface area contributed by atoms with Gasteiger partial charge in [-0.2, -0.15) is 0 Å². The lowest BCUT2D eigenvalue weighted by Crippen LogP contribution is -2.49. The molecule has 0 radical (unpaired) electrons. The minimum Gasteiger partial charge on any atom is -0.392 e. The summed E-state index contributed by atoms with van der Waals surface area (Å²) in [6.07, 6.45) is 4.74. The second-order valence-electron chi connectivity index (χ2n) is 3.60. The van der Waals surface area contributed by atoms with E-state index >= 15 is 0 Å². The minimum atomic E-state index is -0.0588.